The molecule has 0 fully saturated rings. The molecule has 0 aliphatic rings. The maximum atomic E-state index is 13.0. The molecule has 158 valence electrons. The molecule has 2 rings (SSSR count). The van der Waals surface area contributed by atoms with E-state index in [1.165, 1.54) is 14.2 Å². The Balaban J connectivity index is 2.42. The second-order valence-corrected chi connectivity index (χ2v) is 8.74. The molecule has 0 saturated heterocycles. The Morgan fingerprint density at radius 3 is 2.38 bits per heavy atom. The lowest BCUT2D eigenvalue weighted by Crippen LogP contribution is -2.47. The van der Waals surface area contributed by atoms with E-state index >= 15 is 0 Å². The van der Waals surface area contributed by atoms with E-state index in [9.17, 15) is 13.2 Å². The van der Waals surface area contributed by atoms with Crippen molar-refractivity contribution in [2.24, 2.45) is 0 Å². The molecule has 0 aliphatic carbocycles. The number of methoxy groups -OCH3 is 2. The van der Waals surface area contributed by atoms with Gasteiger partial charge in [0.15, 0.2) is 0 Å². The molecule has 1 N–H and O–H groups in total. The van der Waals surface area contributed by atoms with E-state index in [2.05, 4.69) is 5.32 Å². The summed E-state index contributed by atoms with van der Waals surface area (Å²) in [6, 6.07) is 8.85. The van der Waals surface area contributed by atoms with E-state index in [1.54, 1.807) is 43.3 Å². The van der Waals surface area contributed by atoms with E-state index in [0.29, 0.717) is 27.9 Å². The molecule has 1 amide bonds. The number of benzene rings is 2. The fourth-order valence-corrected chi connectivity index (χ4v) is 4.28. The van der Waals surface area contributed by atoms with Gasteiger partial charge in [-0.25, -0.2) is 8.42 Å². The minimum atomic E-state index is -3.76. The van der Waals surface area contributed by atoms with Gasteiger partial charge in [-0.3, -0.25) is 9.10 Å². The minimum Gasteiger partial charge on any atom is -0.497 e. The number of amides is 1. The molecule has 2 aromatic rings. The number of rotatable bonds is 8. The number of anilines is 2. The van der Waals surface area contributed by atoms with Gasteiger partial charge < -0.3 is 14.8 Å². The highest BCUT2D eigenvalue weighted by Crippen LogP contribution is 2.31. The van der Waals surface area contributed by atoms with Gasteiger partial charge in [-0.05, 0) is 43.2 Å². The molecule has 0 saturated carbocycles. The van der Waals surface area contributed by atoms with Crippen LogP contribution < -0.4 is 19.1 Å². The number of nitrogens with one attached hydrogen (secondary N) is 1. The fraction of sp³-hybridized carbons (Fsp3) is 0.350. The number of aryl methyl sites for hydroxylation is 1. The molecule has 0 heterocycles. The van der Waals surface area contributed by atoms with Gasteiger partial charge in [0.2, 0.25) is 15.9 Å². The quantitative estimate of drug-likeness (QED) is 0.673. The highest BCUT2D eigenvalue weighted by atomic mass is 35.5. The monoisotopic (exact) mass is 440 g/mol. The summed E-state index contributed by atoms with van der Waals surface area (Å²) in [4.78, 5) is 13.0. The lowest BCUT2D eigenvalue weighted by molar-refractivity contribution is -0.117. The van der Waals surface area contributed by atoms with Crippen molar-refractivity contribution in [1.82, 2.24) is 0 Å². The van der Waals surface area contributed by atoms with E-state index in [1.807, 2.05) is 6.92 Å². The summed E-state index contributed by atoms with van der Waals surface area (Å²) in [6.45, 7) is 3.56. The largest absolute Gasteiger partial charge is 0.497 e. The summed E-state index contributed by atoms with van der Waals surface area (Å²) in [5, 5.41) is 3.17. The maximum absolute atomic E-state index is 13.0. The number of nitrogens with zero attached hydrogens (tertiary/aromatic N) is 1. The van der Waals surface area contributed by atoms with Gasteiger partial charge in [0, 0.05) is 11.1 Å². The zero-order chi connectivity index (χ0) is 21.8. The minimum absolute atomic E-state index is 0.253. The molecule has 1 unspecified atom stereocenters. The van der Waals surface area contributed by atoms with Gasteiger partial charge in [-0.2, -0.15) is 0 Å². The number of carbonyl (C=O) groups is 1. The van der Waals surface area contributed by atoms with Crippen LogP contribution >= 0.6 is 11.6 Å². The zero-order valence-electron chi connectivity index (χ0n) is 17.0. The molecule has 2 aromatic carbocycles. The Morgan fingerprint density at radius 2 is 1.86 bits per heavy atom. The third-order valence-electron chi connectivity index (χ3n) is 4.41. The smallest absolute Gasteiger partial charge is 0.248 e. The van der Waals surface area contributed by atoms with Crippen LogP contribution in [0.25, 0.3) is 0 Å². The summed E-state index contributed by atoms with van der Waals surface area (Å²) in [6.07, 6.45) is 1.31. The van der Waals surface area contributed by atoms with Crippen molar-refractivity contribution in [1.29, 1.82) is 0 Å². The average molecular weight is 441 g/mol. The second kappa shape index (κ2) is 9.37. The number of carbonyl (C=O) groups excluding carboxylic acids is 1. The molecule has 0 bridgehead atoms. The van der Waals surface area contributed by atoms with E-state index < -0.39 is 22.0 Å². The van der Waals surface area contributed by atoms with Crippen LogP contribution in [0.15, 0.2) is 36.4 Å². The number of halogens is 1. The summed E-state index contributed by atoms with van der Waals surface area (Å²) >= 11 is 6.18. The van der Waals surface area contributed by atoms with Crippen LogP contribution in [-0.2, 0) is 14.8 Å². The summed E-state index contributed by atoms with van der Waals surface area (Å²) in [7, 11) is -0.764. The lowest BCUT2D eigenvalue weighted by Gasteiger charge is -2.30. The molecule has 0 aromatic heterocycles. The first-order valence-corrected chi connectivity index (χ1v) is 11.1. The van der Waals surface area contributed by atoms with E-state index in [-0.39, 0.29) is 6.42 Å². The lowest BCUT2D eigenvalue weighted by atomic mass is 10.1. The van der Waals surface area contributed by atoms with E-state index in [0.717, 1.165) is 16.1 Å². The molecule has 1 atom stereocenters. The fourth-order valence-electron chi connectivity index (χ4n) is 2.90. The number of hydrogen-bond donors (Lipinski definition) is 1. The summed E-state index contributed by atoms with van der Waals surface area (Å²) < 4.78 is 36.6. The van der Waals surface area contributed by atoms with E-state index in [4.69, 9.17) is 21.1 Å². The van der Waals surface area contributed by atoms with Crippen LogP contribution in [0.5, 0.6) is 11.5 Å². The molecule has 0 aliphatic heterocycles. The van der Waals surface area contributed by atoms with Gasteiger partial charge >= 0.3 is 0 Å². The van der Waals surface area contributed by atoms with Gasteiger partial charge in [0.25, 0.3) is 0 Å². The van der Waals surface area contributed by atoms with Crippen molar-refractivity contribution in [3.05, 3.63) is 47.0 Å². The first-order chi connectivity index (χ1) is 13.6. The predicted molar refractivity (Wildman–Crippen MR) is 116 cm³/mol. The highest BCUT2D eigenvalue weighted by molar-refractivity contribution is 7.92. The van der Waals surface area contributed by atoms with Crippen molar-refractivity contribution < 1.29 is 22.7 Å². The topological polar surface area (TPSA) is 84.9 Å². The van der Waals surface area contributed by atoms with Gasteiger partial charge in [0.1, 0.15) is 17.5 Å². The Kier molecular flexibility index (Phi) is 7.37. The number of hydrogen-bond acceptors (Lipinski definition) is 5. The molecule has 9 heteroatoms. The molecule has 7 nitrogen and oxygen atoms in total. The molecular formula is C20H25ClN2O5S. The van der Waals surface area contributed by atoms with Crippen molar-refractivity contribution >= 4 is 38.9 Å². The van der Waals surface area contributed by atoms with Crippen molar-refractivity contribution in [2.75, 3.05) is 30.1 Å². The summed E-state index contributed by atoms with van der Waals surface area (Å²) in [5.41, 5.74) is 1.54. The standard InChI is InChI=1S/C20H25ClN2O5S/c1-6-18(20(24)22-17-10-9-15(27-3)12-19(17)28-4)23(29(5,25)26)14-8-7-13(2)16(21)11-14/h7-12,18H,6H2,1-5H3,(H,22,24). The molecule has 0 radical (unpaired) electrons. The van der Waals surface area contributed by atoms with Crippen LogP contribution in [-0.4, -0.2) is 40.8 Å². The Labute approximate surface area is 176 Å². The SMILES string of the molecule is CCC(C(=O)Nc1ccc(OC)cc1OC)N(c1ccc(C)c(Cl)c1)S(C)(=O)=O. The van der Waals surface area contributed by atoms with Crippen LogP contribution in [0, 0.1) is 6.92 Å². The van der Waals surface area contributed by atoms with Gasteiger partial charge in [0.05, 0.1) is 31.9 Å². The number of sulfonamides is 1. The average Bonchev–Trinajstić information content (AvgIpc) is 2.67. The summed E-state index contributed by atoms with van der Waals surface area (Å²) in [5.74, 6) is 0.480. The van der Waals surface area contributed by atoms with Gasteiger partial charge in [-0.15, -0.1) is 0 Å². The first-order valence-electron chi connectivity index (χ1n) is 8.90. The second-order valence-electron chi connectivity index (χ2n) is 6.47. The van der Waals surface area contributed by atoms with Crippen LogP contribution in [0.2, 0.25) is 5.02 Å². The Bertz CT molecular complexity index is 994. The molecule has 0 spiro atoms. The molecule has 29 heavy (non-hydrogen) atoms. The van der Waals surface area contributed by atoms with Crippen molar-refractivity contribution in [3.63, 3.8) is 0 Å². The predicted octanol–water partition coefficient (Wildman–Crippen LogP) is 3.85. The normalized spacial score (nSPS) is 12.2. The highest BCUT2D eigenvalue weighted by Gasteiger charge is 2.32. The third kappa shape index (κ3) is 5.33. The Morgan fingerprint density at radius 1 is 1.17 bits per heavy atom. The van der Waals surface area contributed by atoms with Crippen LogP contribution in [0.4, 0.5) is 11.4 Å². The zero-order valence-corrected chi connectivity index (χ0v) is 18.6. The van der Waals surface area contributed by atoms with Crippen LogP contribution in [0.1, 0.15) is 18.9 Å². The van der Waals surface area contributed by atoms with Crippen molar-refractivity contribution in [2.45, 2.75) is 26.3 Å². The molecular weight excluding hydrogens is 416 g/mol. The van der Waals surface area contributed by atoms with Crippen molar-refractivity contribution in [3.8, 4) is 11.5 Å². The Hall–Kier alpha value is -2.45. The third-order valence-corrected chi connectivity index (χ3v) is 5.99. The van der Waals surface area contributed by atoms with Crippen LogP contribution in [0.3, 0.4) is 0 Å². The maximum Gasteiger partial charge on any atom is 0.248 e. The first kappa shape index (κ1) is 22.8. The van der Waals surface area contributed by atoms with Gasteiger partial charge in [-0.1, -0.05) is 24.6 Å². The number of ether oxygens (including phenoxy) is 2.